The van der Waals surface area contributed by atoms with Gasteiger partial charge in [-0.2, -0.15) is 0 Å². The van der Waals surface area contributed by atoms with Crippen LogP contribution in [0.3, 0.4) is 0 Å². The molecule has 0 radical (unpaired) electrons. The van der Waals surface area contributed by atoms with E-state index in [0.717, 1.165) is 12.8 Å². The third-order valence-corrected chi connectivity index (χ3v) is 6.00. The van der Waals surface area contributed by atoms with Crippen molar-refractivity contribution in [2.75, 3.05) is 0 Å². The number of aliphatic hydroxyl groups is 1. The SMILES string of the molecule is C#CC(O)(CCCCCCC)[Si](C)(C)C. The summed E-state index contributed by atoms with van der Waals surface area (Å²) in [5, 5.41) is 9.53. The zero-order valence-electron chi connectivity index (χ0n) is 10.8. The van der Waals surface area contributed by atoms with E-state index < -0.39 is 13.3 Å². The van der Waals surface area contributed by atoms with Crippen molar-refractivity contribution >= 4 is 8.07 Å². The largest absolute Gasteiger partial charge is 0.381 e. The lowest BCUT2D eigenvalue weighted by atomic mass is 10.1. The average Bonchev–Trinajstić information content (AvgIpc) is 2.15. The zero-order valence-corrected chi connectivity index (χ0v) is 11.8. The third-order valence-electron chi connectivity index (χ3n) is 3.12. The van der Waals surface area contributed by atoms with Crippen molar-refractivity contribution in [2.24, 2.45) is 0 Å². The molecule has 0 heterocycles. The minimum atomic E-state index is -1.66. The third kappa shape index (κ3) is 4.86. The molecule has 0 aromatic carbocycles. The van der Waals surface area contributed by atoms with Gasteiger partial charge >= 0.3 is 0 Å². The molecule has 0 aliphatic rings. The Morgan fingerprint density at radius 1 is 1.13 bits per heavy atom. The lowest BCUT2D eigenvalue weighted by molar-refractivity contribution is 0.161. The fourth-order valence-corrected chi connectivity index (χ4v) is 3.01. The Morgan fingerprint density at radius 3 is 2.07 bits per heavy atom. The van der Waals surface area contributed by atoms with Crippen LogP contribution in [0.2, 0.25) is 19.6 Å². The maximum absolute atomic E-state index is 10.3. The Labute approximate surface area is 96.3 Å². The van der Waals surface area contributed by atoms with E-state index in [1.165, 1.54) is 25.7 Å². The van der Waals surface area contributed by atoms with E-state index in [1.54, 1.807) is 0 Å². The molecule has 0 spiro atoms. The van der Waals surface area contributed by atoms with Crippen LogP contribution in [0.1, 0.15) is 45.4 Å². The second-order valence-corrected chi connectivity index (χ2v) is 10.7. The quantitative estimate of drug-likeness (QED) is 0.399. The van der Waals surface area contributed by atoms with Crippen molar-refractivity contribution in [2.45, 2.75) is 70.3 Å². The van der Waals surface area contributed by atoms with Gasteiger partial charge in [0.25, 0.3) is 0 Å². The predicted molar refractivity (Wildman–Crippen MR) is 70.5 cm³/mol. The maximum Gasteiger partial charge on any atom is 0.111 e. The molecule has 0 bridgehead atoms. The standard InChI is InChI=1S/C13H26OSi/c1-6-8-9-10-11-12-13(14,7-2)15(3,4)5/h2,14H,6,8-12H2,1,3-5H3. The van der Waals surface area contributed by atoms with Crippen LogP contribution < -0.4 is 0 Å². The normalized spacial score (nSPS) is 15.7. The first-order valence-corrected chi connectivity index (χ1v) is 9.57. The van der Waals surface area contributed by atoms with E-state index in [-0.39, 0.29) is 0 Å². The molecule has 1 atom stereocenters. The van der Waals surface area contributed by atoms with Crippen LogP contribution in [0.15, 0.2) is 0 Å². The molecule has 1 nitrogen and oxygen atoms in total. The number of rotatable bonds is 7. The Morgan fingerprint density at radius 2 is 1.67 bits per heavy atom. The number of hydrogen-bond donors (Lipinski definition) is 1. The topological polar surface area (TPSA) is 20.2 Å². The van der Waals surface area contributed by atoms with Crippen molar-refractivity contribution in [1.29, 1.82) is 0 Å². The molecule has 0 rings (SSSR count). The van der Waals surface area contributed by atoms with E-state index in [1.807, 2.05) is 0 Å². The van der Waals surface area contributed by atoms with E-state index in [9.17, 15) is 5.11 Å². The van der Waals surface area contributed by atoms with E-state index in [0.29, 0.717) is 0 Å². The van der Waals surface area contributed by atoms with Crippen LogP contribution in [0.5, 0.6) is 0 Å². The first-order chi connectivity index (χ1) is 6.87. The Balaban J connectivity index is 3.97. The summed E-state index contributed by atoms with van der Waals surface area (Å²) in [5.74, 6) is 2.63. The molecule has 15 heavy (non-hydrogen) atoms. The van der Waals surface area contributed by atoms with Gasteiger partial charge in [-0.05, 0) is 12.8 Å². The van der Waals surface area contributed by atoms with Crippen molar-refractivity contribution in [3.63, 3.8) is 0 Å². The highest BCUT2D eigenvalue weighted by Gasteiger charge is 2.39. The lowest BCUT2D eigenvalue weighted by Crippen LogP contribution is -2.51. The highest BCUT2D eigenvalue weighted by Crippen LogP contribution is 2.26. The second kappa shape index (κ2) is 6.35. The van der Waals surface area contributed by atoms with Gasteiger partial charge in [-0.25, -0.2) is 0 Å². The van der Waals surface area contributed by atoms with Gasteiger partial charge in [-0.1, -0.05) is 58.2 Å². The summed E-state index contributed by atoms with van der Waals surface area (Å²) in [7, 11) is -1.66. The maximum atomic E-state index is 10.3. The van der Waals surface area contributed by atoms with Gasteiger partial charge in [0.05, 0.1) is 8.07 Å². The summed E-state index contributed by atoms with van der Waals surface area (Å²) < 4.78 is 0. The van der Waals surface area contributed by atoms with Crippen molar-refractivity contribution in [3.8, 4) is 12.3 Å². The van der Waals surface area contributed by atoms with Gasteiger partial charge in [0, 0.05) is 0 Å². The molecular formula is C13H26OSi. The van der Waals surface area contributed by atoms with Gasteiger partial charge in [-0.3, -0.25) is 0 Å². The summed E-state index contributed by atoms with van der Waals surface area (Å²) in [5.41, 5.74) is 0. The van der Waals surface area contributed by atoms with Crippen LogP contribution in [0, 0.1) is 12.3 Å². The summed E-state index contributed by atoms with van der Waals surface area (Å²) in [6, 6.07) is 0. The molecule has 0 aromatic heterocycles. The van der Waals surface area contributed by atoms with Gasteiger partial charge in [-0.15, -0.1) is 6.42 Å². The van der Waals surface area contributed by atoms with Crippen LogP contribution in [0.25, 0.3) is 0 Å². The van der Waals surface area contributed by atoms with Crippen molar-refractivity contribution in [3.05, 3.63) is 0 Å². The summed E-state index contributed by atoms with van der Waals surface area (Å²) in [4.78, 5) is 0. The summed E-state index contributed by atoms with van der Waals surface area (Å²) in [6.07, 6.45) is 12.3. The van der Waals surface area contributed by atoms with E-state index in [4.69, 9.17) is 6.42 Å². The molecule has 0 aliphatic carbocycles. The lowest BCUT2D eigenvalue weighted by Gasteiger charge is -2.34. The molecule has 1 unspecified atom stereocenters. The minimum Gasteiger partial charge on any atom is -0.381 e. The first kappa shape index (κ1) is 14.7. The van der Waals surface area contributed by atoms with Crippen LogP contribution in [-0.2, 0) is 0 Å². The van der Waals surface area contributed by atoms with Gasteiger partial charge < -0.3 is 5.11 Å². The molecule has 0 aromatic rings. The summed E-state index contributed by atoms with van der Waals surface area (Å²) >= 11 is 0. The highest BCUT2D eigenvalue weighted by atomic mass is 28.3. The molecule has 0 saturated heterocycles. The first-order valence-electron chi connectivity index (χ1n) is 6.07. The van der Waals surface area contributed by atoms with Gasteiger partial charge in [0.2, 0.25) is 0 Å². The zero-order chi connectivity index (χ0) is 11.9. The smallest absolute Gasteiger partial charge is 0.111 e. The second-order valence-electron chi connectivity index (χ2n) is 5.42. The van der Waals surface area contributed by atoms with E-state index >= 15 is 0 Å². The molecule has 0 amide bonds. The summed E-state index contributed by atoms with van der Waals surface area (Å²) in [6.45, 7) is 8.62. The monoisotopic (exact) mass is 226 g/mol. The van der Waals surface area contributed by atoms with E-state index in [2.05, 4.69) is 32.5 Å². The number of unbranched alkanes of at least 4 members (excludes halogenated alkanes) is 4. The number of terminal acetylenes is 1. The van der Waals surface area contributed by atoms with Gasteiger partial charge in [0.15, 0.2) is 0 Å². The minimum absolute atomic E-state index is 0.781. The average molecular weight is 226 g/mol. The number of hydrogen-bond acceptors (Lipinski definition) is 1. The highest BCUT2D eigenvalue weighted by molar-refractivity contribution is 6.79. The fraction of sp³-hybridized carbons (Fsp3) is 0.846. The van der Waals surface area contributed by atoms with Gasteiger partial charge in [0.1, 0.15) is 5.22 Å². The Kier molecular flexibility index (Phi) is 6.24. The van der Waals surface area contributed by atoms with Crippen molar-refractivity contribution in [1.82, 2.24) is 0 Å². The van der Waals surface area contributed by atoms with Crippen LogP contribution in [-0.4, -0.2) is 18.4 Å². The Bertz CT molecular complexity index is 212. The molecule has 0 aliphatic heterocycles. The molecule has 1 N–H and O–H groups in total. The van der Waals surface area contributed by atoms with Crippen LogP contribution in [0.4, 0.5) is 0 Å². The molecule has 0 saturated carbocycles. The fourth-order valence-electron chi connectivity index (χ4n) is 1.65. The molecule has 88 valence electrons. The Hall–Kier alpha value is -0.263. The predicted octanol–water partition coefficient (Wildman–Crippen LogP) is 3.59. The molecule has 2 heteroatoms. The molecular weight excluding hydrogens is 200 g/mol. The van der Waals surface area contributed by atoms with Crippen molar-refractivity contribution < 1.29 is 5.11 Å². The van der Waals surface area contributed by atoms with Crippen LogP contribution >= 0.6 is 0 Å². The molecule has 0 fully saturated rings.